The summed E-state index contributed by atoms with van der Waals surface area (Å²) in [5, 5.41) is 5.44. The van der Waals surface area contributed by atoms with Gasteiger partial charge in [0.15, 0.2) is 0 Å². The van der Waals surface area contributed by atoms with E-state index in [1.54, 1.807) is 0 Å². The van der Waals surface area contributed by atoms with E-state index in [9.17, 15) is 4.79 Å². The molecule has 2 aromatic rings. The van der Waals surface area contributed by atoms with Crippen LogP contribution < -0.4 is 5.32 Å². The van der Waals surface area contributed by atoms with E-state index < -0.39 is 0 Å². The van der Waals surface area contributed by atoms with Crippen LogP contribution in [-0.4, -0.2) is 17.9 Å². The van der Waals surface area contributed by atoms with Crippen LogP contribution in [-0.2, 0) is 4.79 Å². The van der Waals surface area contributed by atoms with Gasteiger partial charge in [0.25, 0.3) is 0 Å². The van der Waals surface area contributed by atoms with Crippen LogP contribution in [0, 0.1) is 0 Å². The van der Waals surface area contributed by atoms with Crippen molar-refractivity contribution in [2.75, 3.05) is 12.0 Å². The van der Waals surface area contributed by atoms with Gasteiger partial charge in [-0.05, 0) is 29.5 Å². The highest BCUT2D eigenvalue weighted by Crippen LogP contribution is 2.23. The van der Waals surface area contributed by atoms with Gasteiger partial charge in [0.05, 0.1) is 11.8 Å². The zero-order valence-electron chi connectivity index (χ0n) is 10.6. The second kappa shape index (κ2) is 5.91. The van der Waals surface area contributed by atoms with Gasteiger partial charge < -0.3 is 5.32 Å². The number of hydrogen-bond acceptors (Lipinski definition) is 2. The van der Waals surface area contributed by atoms with Crippen molar-refractivity contribution < 1.29 is 4.79 Å². The molecule has 0 spiro atoms. The highest BCUT2D eigenvalue weighted by molar-refractivity contribution is 7.99. The Bertz CT molecular complexity index is 548. The summed E-state index contributed by atoms with van der Waals surface area (Å²) in [6.07, 6.45) is 1.93. The third-order valence-corrected chi connectivity index (χ3v) is 3.49. The molecule has 0 aliphatic carbocycles. The third kappa shape index (κ3) is 2.85. The average Bonchev–Trinajstić information content (AvgIpc) is 2.38. The summed E-state index contributed by atoms with van der Waals surface area (Å²) in [5.74, 6) is 0.595. The monoisotopic (exact) mass is 259 g/mol. The number of benzene rings is 2. The molecule has 0 saturated heterocycles. The molecule has 2 nitrogen and oxygen atoms in total. The van der Waals surface area contributed by atoms with Gasteiger partial charge in [-0.2, -0.15) is 11.8 Å². The van der Waals surface area contributed by atoms with Crippen LogP contribution in [0.3, 0.4) is 0 Å². The summed E-state index contributed by atoms with van der Waals surface area (Å²) in [5.41, 5.74) is 1.17. The van der Waals surface area contributed by atoms with Crippen molar-refractivity contribution in [2.45, 2.75) is 13.0 Å². The van der Waals surface area contributed by atoms with Crippen LogP contribution in [0.15, 0.2) is 42.5 Å². The lowest BCUT2D eigenvalue weighted by Crippen LogP contribution is -2.28. The van der Waals surface area contributed by atoms with Crippen LogP contribution in [0.2, 0.25) is 0 Å². The minimum absolute atomic E-state index is 0.0377. The predicted molar refractivity (Wildman–Crippen MR) is 78.9 cm³/mol. The van der Waals surface area contributed by atoms with Crippen molar-refractivity contribution in [1.82, 2.24) is 5.32 Å². The maximum atomic E-state index is 11.6. The summed E-state index contributed by atoms with van der Waals surface area (Å²) in [6, 6.07) is 14.5. The van der Waals surface area contributed by atoms with Crippen molar-refractivity contribution in [3.63, 3.8) is 0 Å². The Kier molecular flexibility index (Phi) is 4.26. The van der Waals surface area contributed by atoms with E-state index in [1.165, 1.54) is 28.1 Å². The molecule has 2 rings (SSSR count). The molecular formula is C15H17NOS. The molecule has 18 heavy (non-hydrogen) atoms. The molecule has 0 heterocycles. The van der Waals surface area contributed by atoms with Gasteiger partial charge in [-0.25, -0.2) is 0 Å². The van der Waals surface area contributed by atoms with Crippen LogP contribution in [0.25, 0.3) is 10.8 Å². The largest absolute Gasteiger partial charge is 0.349 e. The summed E-state index contributed by atoms with van der Waals surface area (Å²) in [7, 11) is 0. The summed E-state index contributed by atoms with van der Waals surface area (Å²) in [6.45, 7) is 2.03. The Morgan fingerprint density at radius 2 is 1.94 bits per heavy atom. The molecule has 94 valence electrons. The van der Waals surface area contributed by atoms with Gasteiger partial charge in [0, 0.05) is 0 Å². The lowest BCUT2D eigenvalue weighted by molar-refractivity contribution is -0.119. The fourth-order valence-electron chi connectivity index (χ4n) is 2.12. The maximum absolute atomic E-state index is 11.6. The molecule has 3 heteroatoms. The molecule has 0 radical (unpaired) electrons. The Labute approximate surface area is 112 Å². The standard InChI is InChI=1S/C15H17NOS/c1-11(16-15(17)10-18-2)13-9-5-7-12-6-3-4-8-14(12)13/h3-9,11H,10H2,1-2H3,(H,16,17). The Morgan fingerprint density at radius 3 is 2.72 bits per heavy atom. The first-order valence-corrected chi connectivity index (χ1v) is 7.37. The molecule has 0 fully saturated rings. The fourth-order valence-corrected chi connectivity index (χ4v) is 2.47. The predicted octanol–water partition coefficient (Wildman–Crippen LogP) is 3.38. The quantitative estimate of drug-likeness (QED) is 0.912. The second-order valence-electron chi connectivity index (χ2n) is 4.29. The van der Waals surface area contributed by atoms with E-state index in [0.717, 1.165) is 0 Å². The molecule has 1 amide bonds. The third-order valence-electron chi connectivity index (χ3n) is 2.94. The van der Waals surface area contributed by atoms with Crippen molar-refractivity contribution in [2.24, 2.45) is 0 Å². The zero-order chi connectivity index (χ0) is 13.0. The highest BCUT2D eigenvalue weighted by atomic mass is 32.2. The van der Waals surface area contributed by atoms with Crippen molar-refractivity contribution >= 4 is 28.4 Å². The van der Waals surface area contributed by atoms with Gasteiger partial charge in [0.2, 0.25) is 5.91 Å². The van der Waals surface area contributed by atoms with E-state index in [0.29, 0.717) is 5.75 Å². The van der Waals surface area contributed by atoms with Crippen molar-refractivity contribution in [3.8, 4) is 0 Å². The number of carbonyl (C=O) groups excluding carboxylic acids is 1. The van der Waals surface area contributed by atoms with E-state index in [4.69, 9.17) is 0 Å². The molecule has 0 aromatic heterocycles. The lowest BCUT2D eigenvalue weighted by atomic mass is 10.00. The lowest BCUT2D eigenvalue weighted by Gasteiger charge is -2.16. The SMILES string of the molecule is CSCC(=O)NC(C)c1cccc2ccccc12. The Morgan fingerprint density at radius 1 is 1.22 bits per heavy atom. The minimum atomic E-state index is 0.0377. The van der Waals surface area contributed by atoms with Crippen molar-refractivity contribution in [3.05, 3.63) is 48.0 Å². The van der Waals surface area contributed by atoms with Crippen molar-refractivity contribution in [1.29, 1.82) is 0 Å². The Balaban J connectivity index is 2.27. The van der Waals surface area contributed by atoms with E-state index in [2.05, 4.69) is 29.6 Å². The molecule has 0 saturated carbocycles. The van der Waals surface area contributed by atoms with Gasteiger partial charge in [0.1, 0.15) is 0 Å². The first kappa shape index (κ1) is 13.0. The number of carbonyl (C=O) groups is 1. The normalized spacial score (nSPS) is 12.3. The number of rotatable bonds is 4. The van der Waals surface area contributed by atoms with Gasteiger partial charge in [-0.1, -0.05) is 42.5 Å². The summed E-state index contributed by atoms with van der Waals surface area (Å²) >= 11 is 1.54. The first-order valence-electron chi connectivity index (χ1n) is 5.98. The topological polar surface area (TPSA) is 29.1 Å². The molecular weight excluding hydrogens is 242 g/mol. The second-order valence-corrected chi connectivity index (χ2v) is 5.16. The van der Waals surface area contributed by atoms with E-state index in [-0.39, 0.29) is 11.9 Å². The number of fused-ring (bicyclic) bond motifs is 1. The van der Waals surface area contributed by atoms with Crippen LogP contribution in [0.4, 0.5) is 0 Å². The van der Waals surface area contributed by atoms with Gasteiger partial charge in [-0.3, -0.25) is 4.79 Å². The molecule has 2 aromatic carbocycles. The highest BCUT2D eigenvalue weighted by Gasteiger charge is 2.11. The molecule has 0 bridgehead atoms. The first-order chi connectivity index (χ1) is 8.72. The summed E-state index contributed by atoms with van der Waals surface area (Å²) in [4.78, 5) is 11.6. The molecule has 0 aliphatic rings. The number of amides is 1. The Hall–Kier alpha value is -1.48. The maximum Gasteiger partial charge on any atom is 0.230 e. The van der Waals surface area contributed by atoms with Gasteiger partial charge in [-0.15, -0.1) is 0 Å². The summed E-state index contributed by atoms with van der Waals surface area (Å²) < 4.78 is 0. The van der Waals surface area contributed by atoms with Crippen LogP contribution in [0.5, 0.6) is 0 Å². The molecule has 0 aliphatic heterocycles. The van der Waals surface area contributed by atoms with E-state index in [1.807, 2.05) is 31.4 Å². The van der Waals surface area contributed by atoms with Crippen LogP contribution in [0.1, 0.15) is 18.5 Å². The minimum Gasteiger partial charge on any atom is -0.349 e. The molecule has 1 atom stereocenters. The number of nitrogens with one attached hydrogen (secondary N) is 1. The van der Waals surface area contributed by atoms with Crippen LogP contribution >= 0.6 is 11.8 Å². The average molecular weight is 259 g/mol. The smallest absolute Gasteiger partial charge is 0.230 e. The molecule has 1 unspecified atom stereocenters. The van der Waals surface area contributed by atoms with Gasteiger partial charge >= 0.3 is 0 Å². The van der Waals surface area contributed by atoms with E-state index >= 15 is 0 Å². The molecule has 1 N–H and O–H groups in total. The number of thioether (sulfide) groups is 1. The zero-order valence-corrected chi connectivity index (χ0v) is 11.5. The fraction of sp³-hybridized carbons (Fsp3) is 0.267. The number of hydrogen-bond donors (Lipinski definition) is 1.